The van der Waals surface area contributed by atoms with E-state index < -0.39 is 23.7 Å². The number of carbonyl (C=O) groups is 2. The second-order valence-corrected chi connectivity index (χ2v) is 11.2. The van der Waals surface area contributed by atoms with E-state index in [4.69, 9.17) is 5.73 Å². The maximum absolute atomic E-state index is 13.6. The Bertz CT molecular complexity index is 1460. The third-order valence-electron chi connectivity index (χ3n) is 7.35. The van der Waals surface area contributed by atoms with Gasteiger partial charge in [-0.1, -0.05) is 39.0 Å². The number of urea groups is 1. The van der Waals surface area contributed by atoms with Crippen LogP contribution in [0.15, 0.2) is 36.4 Å². The highest BCUT2D eigenvalue weighted by molar-refractivity contribution is 5.96. The first-order valence-electron chi connectivity index (χ1n) is 13.1. The standard InChI is InChI=1S/C28H31F3N6O3/c1-27(2,3)24-23-19(11-13-37(24)26(39)33-15-22-35-34-21-8-5-12-36(21)22)18(9-10-20(23)25(32)38)16-6-4-7-17(14-16)40-28(29,30)31/h4,6-7,9-10,14,24H,5,8,11-13,15H2,1-3H3,(H2,32,38)(H,33,39). The molecule has 5 rings (SSSR count). The first-order valence-corrected chi connectivity index (χ1v) is 13.1. The van der Waals surface area contributed by atoms with Crippen LogP contribution in [0.1, 0.15) is 66.4 Å². The summed E-state index contributed by atoms with van der Waals surface area (Å²) in [6, 6.07) is 8.12. The van der Waals surface area contributed by atoms with Crippen molar-refractivity contribution in [3.05, 3.63) is 64.7 Å². The number of nitrogens with zero attached hydrogens (tertiary/aromatic N) is 4. The monoisotopic (exact) mass is 556 g/mol. The number of ether oxygens (including phenoxy) is 1. The van der Waals surface area contributed by atoms with Crippen LogP contribution in [-0.4, -0.2) is 44.5 Å². The van der Waals surface area contributed by atoms with E-state index in [9.17, 15) is 22.8 Å². The van der Waals surface area contributed by atoms with E-state index >= 15 is 0 Å². The molecule has 9 nitrogen and oxygen atoms in total. The van der Waals surface area contributed by atoms with Gasteiger partial charge in [-0.05, 0) is 58.7 Å². The highest BCUT2D eigenvalue weighted by atomic mass is 19.4. The van der Waals surface area contributed by atoms with Crippen LogP contribution in [0.4, 0.5) is 18.0 Å². The van der Waals surface area contributed by atoms with Gasteiger partial charge < -0.3 is 25.3 Å². The lowest BCUT2D eigenvalue weighted by Gasteiger charge is -2.45. The zero-order valence-electron chi connectivity index (χ0n) is 22.5. The lowest BCUT2D eigenvalue weighted by atomic mass is 9.73. The van der Waals surface area contributed by atoms with Crippen molar-refractivity contribution in [2.45, 2.75) is 65.5 Å². The first kappa shape index (κ1) is 27.5. The predicted molar refractivity (Wildman–Crippen MR) is 140 cm³/mol. The fourth-order valence-electron chi connectivity index (χ4n) is 5.83. The van der Waals surface area contributed by atoms with E-state index in [1.165, 1.54) is 18.2 Å². The average Bonchev–Trinajstić information content (AvgIpc) is 3.49. The van der Waals surface area contributed by atoms with Crippen molar-refractivity contribution in [3.8, 4) is 16.9 Å². The Labute approximate surface area is 229 Å². The molecule has 2 aliphatic rings. The number of aryl methyl sites for hydroxylation is 1. The molecule has 3 aromatic rings. The molecule has 2 aliphatic heterocycles. The van der Waals surface area contributed by atoms with Gasteiger partial charge in [0.1, 0.15) is 11.6 Å². The molecule has 0 spiro atoms. The Kier molecular flexibility index (Phi) is 6.97. The molecular formula is C28H31F3N6O3. The topological polar surface area (TPSA) is 115 Å². The molecule has 0 bridgehead atoms. The number of nitrogens with two attached hydrogens (primary N) is 1. The van der Waals surface area contributed by atoms with Gasteiger partial charge in [0.15, 0.2) is 5.82 Å². The Morgan fingerprint density at radius 2 is 1.88 bits per heavy atom. The number of aromatic nitrogens is 3. The molecule has 212 valence electrons. The van der Waals surface area contributed by atoms with E-state index in [1.807, 2.05) is 25.3 Å². The maximum Gasteiger partial charge on any atom is 0.573 e. The average molecular weight is 557 g/mol. The molecule has 0 aliphatic carbocycles. The van der Waals surface area contributed by atoms with Gasteiger partial charge in [0.05, 0.1) is 12.6 Å². The number of alkyl halides is 3. The first-order chi connectivity index (χ1) is 18.8. The van der Waals surface area contributed by atoms with Crippen LogP contribution in [0.2, 0.25) is 0 Å². The molecule has 0 fully saturated rings. The van der Waals surface area contributed by atoms with E-state index in [0.29, 0.717) is 35.5 Å². The van der Waals surface area contributed by atoms with Crippen LogP contribution in [0, 0.1) is 5.41 Å². The third kappa shape index (κ3) is 5.34. The lowest BCUT2D eigenvalue weighted by molar-refractivity contribution is -0.274. The molecule has 1 atom stereocenters. The Hall–Kier alpha value is -4.09. The van der Waals surface area contributed by atoms with Crippen LogP contribution in [0.3, 0.4) is 0 Å². The van der Waals surface area contributed by atoms with Crippen molar-refractivity contribution in [1.29, 1.82) is 0 Å². The largest absolute Gasteiger partial charge is 0.573 e. The number of amides is 3. The van der Waals surface area contributed by atoms with Crippen molar-refractivity contribution in [2.75, 3.05) is 6.54 Å². The molecule has 2 aromatic carbocycles. The van der Waals surface area contributed by atoms with Gasteiger partial charge in [0.2, 0.25) is 5.91 Å². The molecule has 40 heavy (non-hydrogen) atoms. The zero-order valence-corrected chi connectivity index (χ0v) is 22.5. The zero-order chi connectivity index (χ0) is 28.8. The van der Waals surface area contributed by atoms with E-state index in [0.717, 1.165) is 30.8 Å². The highest BCUT2D eigenvalue weighted by Crippen LogP contribution is 2.46. The van der Waals surface area contributed by atoms with Gasteiger partial charge in [0.25, 0.3) is 0 Å². The van der Waals surface area contributed by atoms with Crippen LogP contribution in [-0.2, 0) is 25.9 Å². The number of fused-ring (bicyclic) bond motifs is 2. The predicted octanol–water partition coefficient (Wildman–Crippen LogP) is 4.74. The molecular weight excluding hydrogens is 525 g/mol. The number of carbonyl (C=O) groups excluding carboxylic acids is 2. The third-order valence-corrected chi connectivity index (χ3v) is 7.35. The van der Waals surface area contributed by atoms with Crippen molar-refractivity contribution < 1.29 is 27.5 Å². The van der Waals surface area contributed by atoms with Gasteiger partial charge >= 0.3 is 12.4 Å². The summed E-state index contributed by atoms with van der Waals surface area (Å²) in [5, 5.41) is 11.4. The summed E-state index contributed by atoms with van der Waals surface area (Å²) in [6.45, 7) is 7.25. The van der Waals surface area contributed by atoms with Crippen LogP contribution in [0.5, 0.6) is 5.75 Å². The van der Waals surface area contributed by atoms with Crippen molar-refractivity contribution in [3.63, 3.8) is 0 Å². The smallest absolute Gasteiger partial charge is 0.406 e. The molecule has 0 radical (unpaired) electrons. The van der Waals surface area contributed by atoms with Crippen LogP contribution >= 0.6 is 0 Å². The normalized spacial score (nSPS) is 16.9. The van der Waals surface area contributed by atoms with E-state index in [-0.39, 0.29) is 23.9 Å². The summed E-state index contributed by atoms with van der Waals surface area (Å²) in [4.78, 5) is 27.9. The van der Waals surface area contributed by atoms with Crippen molar-refractivity contribution >= 4 is 11.9 Å². The molecule has 0 saturated carbocycles. The van der Waals surface area contributed by atoms with Gasteiger partial charge in [-0.25, -0.2) is 4.79 Å². The minimum Gasteiger partial charge on any atom is -0.406 e. The van der Waals surface area contributed by atoms with Gasteiger partial charge in [-0.3, -0.25) is 4.79 Å². The van der Waals surface area contributed by atoms with E-state index in [1.54, 1.807) is 23.1 Å². The molecule has 3 N–H and O–H groups in total. The van der Waals surface area contributed by atoms with Gasteiger partial charge in [0, 0.05) is 25.1 Å². The Balaban J connectivity index is 1.52. The number of primary amides is 1. The number of hydrogen-bond donors (Lipinski definition) is 2. The van der Waals surface area contributed by atoms with Gasteiger partial charge in [-0.15, -0.1) is 23.4 Å². The Morgan fingerprint density at radius 1 is 1.10 bits per heavy atom. The number of halogens is 3. The number of nitrogens with one attached hydrogen (secondary N) is 1. The van der Waals surface area contributed by atoms with E-state index in [2.05, 4.69) is 20.3 Å². The fourth-order valence-corrected chi connectivity index (χ4v) is 5.83. The molecule has 1 unspecified atom stereocenters. The molecule has 3 heterocycles. The maximum atomic E-state index is 13.6. The fraction of sp³-hybridized carbons (Fsp3) is 0.429. The summed E-state index contributed by atoms with van der Waals surface area (Å²) >= 11 is 0. The van der Waals surface area contributed by atoms with Gasteiger partial charge in [-0.2, -0.15) is 0 Å². The van der Waals surface area contributed by atoms with Crippen LogP contribution in [0.25, 0.3) is 11.1 Å². The second-order valence-electron chi connectivity index (χ2n) is 11.2. The summed E-state index contributed by atoms with van der Waals surface area (Å²) in [5.74, 6) is 0.605. The highest BCUT2D eigenvalue weighted by Gasteiger charge is 2.42. The minimum absolute atomic E-state index is 0.209. The van der Waals surface area contributed by atoms with Crippen LogP contribution < -0.4 is 15.8 Å². The quantitative estimate of drug-likeness (QED) is 0.471. The SMILES string of the molecule is CC(C)(C)C1c2c(C(N)=O)ccc(-c3cccc(OC(F)(F)F)c3)c2CCN1C(=O)NCc1nnc2n1CCC2. The summed E-state index contributed by atoms with van der Waals surface area (Å²) in [6.07, 6.45) is -2.61. The molecule has 0 saturated heterocycles. The minimum atomic E-state index is -4.83. The molecule has 3 amide bonds. The summed E-state index contributed by atoms with van der Waals surface area (Å²) in [5.41, 5.74) is 8.07. The Morgan fingerprint density at radius 3 is 2.58 bits per heavy atom. The number of benzene rings is 2. The van der Waals surface area contributed by atoms with Crippen molar-refractivity contribution in [1.82, 2.24) is 25.0 Å². The molecule has 1 aromatic heterocycles. The molecule has 12 heteroatoms. The van der Waals surface area contributed by atoms with Crippen molar-refractivity contribution in [2.24, 2.45) is 11.1 Å². The summed E-state index contributed by atoms with van der Waals surface area (Å²) in [7, 11) is 0. The number of hydrogen-bond acceptors (Lipinski definition) is 5. The second kappa shape index (κ2) is 10.1. The summed E-state index contributed by atoms with van der Waals surface area (Å²) < 4.78 is 44.8. The lowest BCUT2D eigenvalue weighted by Crippen LogP contribution is -2.50. The number of rotatable bonds is 5.